The number of anilines is 1. The Bertz CT molecular complexity index is 855. The highest BCUT2D eigenvalue weighted by molar-refractivity contribution is 7.12. The molecule has 1 aromatic carbocycles. The Morgan fingerprint density at radius 3 is 2.59 bits per heavy atom. The van der Waals surface area contributed by atoms with Crippen molar-refractivity contribution >= 4 is 34.5 Å². The van der Waals surface area contributed by atoms with Gasteiger partial charge in [0.15, 0.2) is 5.78 Å². The van der Waals surface area contributed by atoms with E-state index in [9.17, 15) is 14.4 Å². The van der Waals surface area contributed by atoms with Crippen molar-refractivity contribution in [2.24, 2.45) is 0 Å². The van der Waals surface area contributed by atoms with E-state index in [4.69, 9.17) is 0 Å². The molecule has 2 aromatic rings. The molecule has 27 heavy (non-hydrogen) atoms. The summed E-state index contributed by atoms with van der Waals surface area (Å²) in [7, 11) is 0. The average Bonchev–Trinajstić information content (AvgIpc) is 3.18. The Morgan fingerprint density at radius 2 is 1.85 bits per heavy atom. The van der Waals surface area contributed by atoms with Gasteiger partial charge in [-0.2, -0.15) is 0 Å². The van der Waals surface area contributed by atoms with Crippen LogP contribution < -0.4 is 4.90 Å². The van der Waals surface area contributed by atoms with E-state index in [0.717, 1.165) is 24.1 Å². The number of thiophene rings is 1. The number of amides is 1. The number of Topliss-reactive ketones (excluding diaryl/α,β-unsaturated/α-hetero) is 2. The summed E-state index contributed by atoms with van der Waals surface area (Å²) < 4.78 is 0. The molecule has 142 valence electrons. The van der Waals surface area contributed by atoms with Crippen LogP contribution in [0.15, 0.2) is 29.6 Å². The van der Waals surface area contributed by atoms with E-state index >= 15 is 0 Å². The average molecular weight is 384 g/mol. The third-order valence-electron chi connectivity index (χ3n) is 5.04. The molecule has 0 saturated carbocycles. The number of ketones is 2. The number of fused-ring (bicyclic) bond motifs is 1. The Balaban J connectivity index is 1.54. The zero-order valence-corrected chi connectivity index (χ0v) is 16.7. The smallest absolute Gasteiger partial charge is 0.227 e. The van der Waals surface area contributed by atoms with E-state index < -0.39 is 0 Å². The number of hydrogen-bond acceptors (Lipinski definition) is 4. The first-order chi connectivity index (χ1) is 13.0. The second kappa shape index (κ2) is 8.61. The van der Waals surface area contributed by atoms with Gasteiger partial charge in [-0.1, -0.05) is 12.1 Å². The van der Waals surface area contributed by atoms with E-state index in [-0.39, 0.29) is 43.2 Å². The molecular formula is C22H25NO3S. The molecule has 0 unspecified atom stereocenters. The molecule has 4 nitrogen and oxygen atoms in total. The van der Waals surface area contributed by atoms with Gasteiger partial charge in [-0.25, -0.2) is 0 Å². The molecule has 0 saturated heterocycles. The van der Waals surface area contributed by atoms with Crippen LogP contribution in [0.25, 0.3) is 0 Å². The number of rotatable bonds is 7. The fourth-order valence-corrected chi connectivity index (χ4v) is 4.35. The number of benzene rings is 1. The predicted octanol–water partition coefficient (Wildman–Crippen LogP) is 4.66. The standard InChI is InChI=1S/C22H25NO3S/c1-15-13-16(2)18-5-3-11-23(19(18)14-15)22(26)10-8-17(24)7-9-20(25)21-6-4-12-27-21/h4,6,12-14H,3,5,7-11H2,1-2H3. The minimum Gasteiger partial charge on any atom is -0.312 e. The van der Waals surface area contributed by atoms with E-state index in [1.54, 1.807) is 6.07 Å². The lowest BCUT2D eigenvalue weighted by Gasteiger charge is -2.31. The molecule has 0 radical (unpaired) electrons. The Kier molecular flexibility index (Phi) is 6.22. The molecule has 0 fully saturated rings. The monoisotopic (exact) mass is 383 g/mol. The summed E-state index contributed by atoms with van der Waals surface area (Å²) in [6, 6.07) is 7.83. The molecule has 0 aliphatic carbocycles. The highest BCUT2D eigenvalue weighted by atomic mass is 32.1. The molecule has 1 aliphatic rings. The van der Waals surface area contributed by atoms with Crippen molar-refractivity contribution < 1.29 is 14.4 Å². The highest BCUT2D eigenvalue weighted by Crippen LogP contribution is 2.31. The Morgan fingerprint density at radius 1 is 1.07 bits per heavy atom. The first kappa shape index (κ1) is 19.5. The van der Waals surface area contributed by atoms with Gasteiger partial charge in [-0.3, -0.25) is 14.4 Å². The van der Waals surface area contributed by atoms with E-state index in [1.807, 2.05) is 23.3 Å². The van der Waals surface area contributed by atoms with Crippen molar-refractivity contribution in [2.45, 2.75) is 52.4 Å². The van der Waals surface area contributed by atoms with Crippen LogP contribution in [0.5, 0.6) is 0 Å². The molecule has 3 rings (SSSR count). The second-order valence-electron chi connectivity index (χ2n) is 7.17. The summed E-state index contributed by atoms with van der Waals surface area (Å²) >= 11 is 1.39. The van der Waals surface area contributed by atoms with E-state index in [1.165, 1.54) is 22.5 Å². The lowest BCUT2D eigenvalue weighted by Crippen LogP contribution is -2.36. The van der Waals surface area contributed by atoms with Crippen LogP contribution in [0.1, 0.15) is 58.5 Å². The number of nitrogens with zero attached hydrogens (tertiary/aromatic N) is 1. The van der Waals surface area contributed by atoms with Crippen molar-refractivity contribution in [3.8, 4) is 0 Å². The van der Waals surface area contributed by atoms with Gasteiger partial charge in [-0.15, -0.1) is 11.3 Å². The molecule has 0 N–H and O–H groups in total. The second-order valence-corrected chi connectivity index (χ2v) is 8.12. The molecule has 1 aliphatic heterocycles. The Hall–Kier alpha value is -2.27. The maximum atomic E-state index is 12.7. The van der Waals surface area contributed by atoms with Crippen LogP contribution in [0.2, 0.25) is 0 Å². The van der Waals surface area contributed by atoms with Gasteiger partial charge < -0.3 is 4.90 Å². The zero-order chi connectivity index (χ0) is 19.4. The van der Waals surface area contributed by atoms with Gasteiger partial charge in [0.2, 0.25) is 5.91 Å². The molecule has 0 bridgehead atoms. The first-order valence-corrected chi connectivity index (χ1v) is 10.3. The van der Waals surface area contributed by atoms with Gasteiger partial charge in [0.25, 0.3) is 0 Å². The fourth-order valence-electron chi connectivity index (χ4n) is 3.65. The van der Waals surface area contributed by atoms with Crippen molar-refractivity contribution in [3.05, 3.63) is 51.2 Å². The summed E-state index contributed by atoms with van der Waals surface area (Å²) in [5.41, 5.74) is 4.62. The van der Waals surface area contributed by atoms with Crippen LogP contribution in [-0.4, -0.2) is 24.0 Å². The molecule has 2 heterocycles. The van der Waals surface area contributed by atoms with Crippen LogP contribution in [0.4, 0.5) is 5.69 Å². The maximum Gasteiger partial charge on any atom is 0.227 e. The van der Waals surface area contributed by atoms with Gasteiger partial charge >= 0.3 is 0 Å². The SMILES string of the molecule is Cc1cc(C)c2c(c1)N(C(=O)CCC(=O)CCC(=O)c1cccs1)CCC2. The topological polar surface area (TPSA) is 54.5 Å². The molecule has 1 amide bonds. The maximum absolute atomic E-state index is 12.7. The lowest BCUT2D eigenvalue weighted by atomic mass is 9.94. The highest BCUT2D eigenvalue weighted by Gasteiger charge is 2.24. The van der Waals surface area contributed by atoms with Crippen molar-refractivity contribution in [2.75, 3.05) is 11.4 Å². The lowest BCUT2D eigenvalue weighted by molar-refractivity contribution is -0.124. The van der Waals surface area contributed by atoms with Gasteiger partial charge in [-0.05, 0) is 60.9 Å². The largest absolute Gasteiger partial charge is 0.312 e. The predicted molar refractivity (Wildman–Crippen MR) is 109 cm³/mol. The quantitative estimate of drug-likeness (QED) is 0.654. The van der Waals surface area contributed by atoms with Crippen LogP contribution >= 0.6 is 11.3 Å². The minimum atomic E-state index is -0.0223. The number of hydrogen-bond donors (Lipinski definition) is 0. The third-order valence-corrected chi connectivity index (χ3v) is 5.95. The van der Waals surface area contributed by atoms with Crippen molar-refractivity contribution in [3.63, 3.8) is 0 Å². The van der Waals surface area contributed by atoms with Crippen molar-refractivity contribution in [1.82, 2.24) is 0 Å². The normalized spacial score (nSPS) is 13.3. The molecule has 5 heteroatoms. The summed E-state index contributed by atoms with van der Waals surface area (Å²) in [5, 5.41) is 1.85. The van der Waals surface area contributed by atoms with Gasteiger partial charge in [0, 0.05) is 37.9 Å². The molecule has 1 aromatic heterocycles. The van der Waals surface area contributed by atoms with Crippen LogP contribution in [0.3, 0.4) is 0 Å². The first-order valence-electron chi connectivity index (χ1n) is 9.44. The van der Waals surface area contributed by atoms with E-state index in [0.29, 0.717) is 11.4 Å². The number of carbonyl (C=O) groups excluding carboxylic acids is 3. The summed E-state index contributed by atoms with van der Waals surface area (Å²) in [5.74, 6) is -0.0228. The molecular weight excluding hydrogens is 358 g/mol. The number of aryl methyl sites for hydroxylation is 2. The van der Waals surface area contributed by atoms with Crippen LogP contribution in [-0.2, 0) is 16.0 Å². The van der Waals surface area contributed by atoms with E-state index in [2.05, 4.69) is 19.1 Å². The van der Waals surface area contributed by atoms with Crippen molar-refractivity contribution in [1.29, 1.82) is 0 Å². The summed E-state index contributed by atoms with van der Waals surface area (Å²) in [6.45, 7) is 4.84. The molecule has 0 atom stereocenters. The fraction of sp³-hybridized carbons (Fsp3) is 0.409. The minimum absolute atomic E-state index is 0.000542. The summed E-state index contributed by atoms with van der Waals surface area (Å²) in [4.78, 5) is 39.4. The zero-order valence-electron chi connectivity index (χ0n) is 15.9. The molecule has 0 spiro atoms. The third kappa shape index (κ3) is 4.72. The van der Waals surface area contributed by atoms with Crippen LogP contribution in [0, 0.1) is 13.8 Å². The number of carbonyl (C=O) groups is 3. The van der Waals surface area contributed by atoms with Gasteiger partial charge in [0.1, 0.15) is 5.78 Å². The summed E-state index contributed by atoms with van der Waals surface area (Å²) in [6.07, 6.45) is 2.78. The van der Waals surface area contributed by atoms with Gasteiger partial charge in [0.05, 0.1) is 4.88 Å². The Labute approximate surface area is 164 Å².